The summed E-state index contributed by atoms with van der Waals surface area (Å²) in [6, 6.07) is 10.7. The van der Waals surface area contributed by atoms with Crippen LogP contribution in [0.5, 0.6) is 5.75 Å². The van der Waals surface area contributed by atoms with E-state index in [0.717, 1.165) is 12.3 Å². The number of aryl methyl sites for hydroxylation is 5. The molecule has 2 nitrogen and oxygen atoms in total. The summed E-state index contributed by atoms with van der Waals surface area (Å²) >= 11 is 0. The van der Waals surface area contributed by atoms with Gasteiger partial charge in [-0.2, -0.15) is 0 Å². The number of anilines is 1. The zero-order valence-corrected chi connectivity index (χ0v) is 13.7. The summed E-state index contributed by atoms with van der Waals surface area (Å²) in [6.45, 7) is 12.1. The predicted molar refractivity (Wildman–Crippen MR) is 90.6 cm³/mol. The summed E-state index contributed by atoms with van der Waals surface area (Å²) in [5.74, 6) is 1.01. The van der Waals surface area contributed by atoms with Crippen molar-refractivity contribution in [2.45, 2.75) is 34.6 Å². The second-order valence-electron chi connectivity index (χ2n) is 5.77. The molecule has 0 saturated carbocycles. The minimum atomic E-state index is 0.665. The quantitative estimate of drug-likeness (QED) is 0.802. The highest BCUT2D eigenvalue weighted by Crippen LogP contribution is 2.23. The third-order valence-corrected chi connectivity index (χ3v) is 3.74. The molecular weight excluding hydrogens is 258 g/mol. The van der Waals surface area contributed by atoms with Crippen LogP contribution in [0.15, 0.2) is 30.3 Å². The molecule has 0 aliphatic carbocycles. The second kappa shape index (κ2) is 6.66. The molecule has 2 rings (SSSR count). The van der Waals surface area contributed by atoms with Crippen LogP contribution in [0.4, 0.5) is 5.69 Å². The maximum atomic E-state index is 5.93. The Labute approximate surface area is 128 Å². The van der Waals surface area contributed by atoms with Crippen LogP contribution in [0.1, 0.15) is 27.8 Å². The molecule has 0 amide bonds. The Morgan fingerprint density at radius 3 is 2.00 bits per heavy atom. The number of ether oxygens (including phenoxy) is 1. The molecule has 0 radical (unpaired) electrons. The molecule has 0 fully saturated rings. The lowest BCUT2D eigenvalue weighted by Crippen LogP contribution is -2.14. The van der Waals surface area contributed by atoms with Crippen molar-refractivity contribution in [3.63, 3.8) is 0 Å². The molecule has 2 heteroatoms. The molecule has 0 heterocycles. The van der Waals surface area contributed by atoms with Crippen molar-refractivity contribution >= 4 is 5.69 Å². The zero-order chi connectivity index (χ0) is 15.4. The van der Waals surface area contributed by atoms with E-state index in [4.69, 9.17) is 4.74 Å². The van der Waals surface area contributed by atoms with Gasteiger partial charge >= 0.3 is 0 Å². The fourth-order valence-electron chi connectivity index (χ4n) is 2.81. The molecule has 0 atom stereocenters. The lowest BCUT2D eigenvalue weighted by atomic mass is 10.1. The van der Waals surface area contributed by atoms with Crippen LogP contribution >= 0.6 is 0 Å². The Kier molecular flexibility index (Phi) is 4.89. The highest BCUT2D eigenvalue weighted by atomic mass is 16.5. The smallest absolute Gasteiger partial charge is 0.125 e. The molecule has 1 N–H and O–H groups in total. The number of nitrogens with one attached hydrogen (secondary N) is 1. The van der Waals surface area contributed by atoms with Crippen LogP contribution < -0.4 is 10.1 Å². The Balaban J connectivity index is 1.94. The SMILES string of the molecule is Cc1cc(C)c(NCCOc2c(C)cccc2C)c(C)c1. The van der Waals surface area contributed by atoms with Gasteiger partial charge in [-0.3, -0.25) is 0 Å². The summed E-state index contributed by atoms with van der Waals surface area (Å²) in [5.41, 5.74) is 7.50. The summed E-state index contributed by atoms with van der Waals surface area (Å²) in [7, 11) is 0. The van der Waals surface area contributed by atoms with E-state index in [9.17, 15) is 0 Å². The minimum Gasteiger partial charge on any atom is -0.491 e. The van der Waals surface area contributed by atoms with Crippen molar-refractivity contribution in [3.05, 3.63) is 58.1 Å². The van der Waals surface area contributed by atoms with Gasteiger partial charge in [-0.05, 0) is 56.9 Å². The van der Waals surface area contributed by atoms with E-state index >= 15 is 0 Å². The average Bonchev–Trinajstić information content (AvgIpc) is 2.39. The standard InChI is InChI=1S/C19H25NO/c1-13-11-16(4)18(17(5)12-13)20-9-10-21-19-14(2)7-6-8-15(19)3/h6-8,11-12,20H,9-10H2,1-5H3. The van der Waals surface area contributed by atoms with Gasteiger partial charge in [0.1, 0.15) is 12.4 Å². The third-order valence-electron chi connectivity index (χ3n) is 3.74. The van der Waals surface area contributed by atoms with E-state index in [1.165, 1.54) is 33.5 Å². The van der Waals surface area contributed by atoms with E-state index in [2.05, 4.69) is 70.3 Å². The van der Waals surface area contributed by atoms with E-state index in [1.807, 2.05) is 0 Å². The topological polar surface area (TPSA) is 21.3 Å². The summed E-state index contributed by atoms with van der Waals surface area (Å²) in [5, 5.41) is 3.49. The van der Waals surface area contributed by atoms with Crippen LogP contribution in [-0.4, -0.2) is 13.2 Å². The highest BCUT2D eigenvalue weighted by Gasteiger charge is 2.05. The van der Waals surface area contributed by atoms with Gasteiger partial charge in [0.05, 0.1) is 0 Å². The van der Waals surface area contributed by atoms with Gasteiger partial charge in [-0.25, -0.2) is 0 Å². The van der Waals surface area contributed by atoms with Gasteiger partial charge in [0.2, 0.25) is 0 Å². The van der Waals surface area contributed by atoms with E-state index in [-0.39, 0.29) is 0 Å². The first-order valence-electron chi connectivity index (χ1n) is 7.50. The first-order chi connectivity index (χ1) is 9.99. The maximum absolute atomic E-state index is 5.93. The Bertz CT molecular complexity index is 588. The number of para-hydroxylation sites is 1. The van der Waals surface area contributed by atoms with Gasteiger partial charge < -0.3 is 10.1 Å². The normalized spacial score (nSPS) is 10.5. The molecule has 2 aromatic carbocycles. The molecule has 0 aromatic heterocycles. The van der Waals surface area contributed by atoms with E-state index < -0.39 is 0 Å². The van der Waals surface area contributed by atoms with Crippen molar-refractivity contribution in [2.24, 2.45) is 0 Å². The molecular formula is C19H25NO. The minimum absolute atomic E-state index is 0.665. The van der Waals surface area contributed by atoms with Gasteiger partial charge in [-0.1, -0.05) is 35.9 Å². The van der Waals surface area contributed by atoms with Crippen LogP contribution in [0.3, 0.4) is 0 Å². The second-order valence-corrected chi connectivity index (χ2v) is 5.77. The largest absolute Gasteiger partial charge is 0.491 e. The Morgan fingerprint density at radius 2 is 1.43 bits per heavy atom. The van der Waals surface area contributed by atoms with Crippen molar-refractivity contribution < 1.29 is 4.74 Å². The predicted octanol–water partition coefficient (Wildman–Crippen LogP) is 4.72. The third kappa shape index (κ3) is 3.78. The number of hydrogen-bond donors (Lipinski definition) is 1. The lowest BCUT2D eigenvalue weighted by Gasteiger charge is -2.16. The number of hydrogen-bond acceptors (Lipinski definition) is 2. The summed E-state index contributed by atoms with van der Waals surface area (Å²) in [4.78, 5) is 0. The monoisotopic (exact) mass is 283 g/mol. The van der Waals surface area contributed by atoms with E-state index in [1.54, 1.807) is 0 Å². The average molecular weight is 283 g/mol. The molecule has 112 valence electrons. The summed E-state index contributed by atoms with van der Waals surface area (Å²) in [6.07, 6.45) is 0. The lowest BCUT2D eigenvalue weighted by molar-refractivity contribution is 0.328. The van der Waals surface area contributed by atoms with Crippen LogP contribution in [-0.2, 0) is 0 Å². The fourth-order valence-corrected chi connectivity index (χ4v) is 2.81. The van der Waals surface area contributed by atoms with Gasteiger partial charge in [0.25, 0.3) is 0 Å². The van der Waals surface area contributed by atoms with Crippen LogP contribution in [0, 0.1) is 34.6 Å². The van der Waals surface area contributed by atoms with Crippen molar-refractivity contribution in [3.8, 4) is 5.75 Å². The Hall–Kier alpha value is -1.96. The molecule has 0 aliphatic heterocycles. The first kappa shape index (κ1) is 15.4. The molecule has 0 saturated heterocycles. The van der Waals surface area contributed by atoms with E-state index in [0.29, 0.717) is 6.61 Å². The van der Waals surface area contributed by atoms with Gasteiger partial charge in [0, 0.05) is 12.2 Å². The van der Waals surface area contributed by atoms with Crippen molar-refractivity contribution in [1.29, 1.82) is 0 Å². The fraction of sp³-hybridized carbons (Fsp3) is 0.368. The first-order valence-corrected chi connectivity index (χ1v) is 7.50. The van der Waals surface area contributed by atoms with Crippen molar-refractivity contribution in [2.75, 3.05) is 18.5 Å². The molecule has 0 bridgehead atoms. The number of benzene rings is 2. The number of rotatable bonds is 5. The highest BCUT2D eigenvalue weighted by molar-refractivity contribution is 5.58. The molecule has 2 aromatic rings. The molecule has 0 spiro atoms. The molecule has 0 unspecified atom stereocenters. The van der Waals surface area contributed by atoms with Gasteiger partial charge in [-0.15, -0.1) is 0 Å². The van der Waals surface area contributed by atoms with Crippen molar-refractivity contribution in [1.82, 2.24) is 0 Å². The molecule has 0 aliphatic rings. The summed E-state index contributed by atoms with van der Waals surface area (Å²) < 4.78 is 5.93. The zero-order valence-electron chi connectivity index (χ0n) is 13.7. The van der Waals surface area contributed by atoms with Crippen LogP contribution in [0.2, 0.25) is 0 Å². The van der Waals surface area contributed by atoms with Gasteiger partial charge in [0.15, 0.2) is 0 Å². The maximum Gasteiger partial charge on any atom is 0.125 e. The Morgan fingerprint density at radius 1 is 0.857 bits per heavy atom. The molecule has 21 heavy (non-hydrogen) atoms. The van der Waals surface area contributed by atoms with Crippen LogP contribution in [0.25, 0.3) is 0 Å².